The zero-order chi connectivity index (χ0) is 12.0. The Balaban J connectivity index is 2.68. The summed E-state index contributed by atoms with van der Waals surface area (Å²) in [6.45, 7) is 3.38. The van der Waals surface area contributed by atoms with Crippen molar-refractivity contribution in [2.24, 2.45) is 0 Å². The molecule has 0 unspecified atom stereocenters. The maximum atomic E-state index is 8.86. The standard InChI is InChI=1S/C10H18N4O2/c1-8-6-9(11)13-10(12-8)7-14(2-4-15)3-5-16/h6,15-16H,2-5,7H2,1H3,(H2,11,12,13). The molecule has 1 heterocycles. The predicted molar refractivity (Wildman–Crippen MR) is 60.6 cm³/mol. The summed E-state index contributed by atoms with van der Waals surface area (Å²) in [6, 6.07) is 1.70. The van der Waals surface area contributed by atoms with Crippen LogP contribution in [-0.4, -0.2) is 51.4 Å². The molecule has 0 saturated heterocycles. The van der Waals surface area contributed by atoms with Crippen LogP contribution in [0.4, 0.5) is 5.82 Å². The van der Waals surface area contributed by atoms with E-state index in [9.17, 15) is 0 Å². The van der Waals surface area contributed by atoms with Crippen molar-refractivity contribution in [3.05, 3.63) is 17.6 Å². The van der Waals surface area contributed by atoms with Gasteiger partial charge in [-0.15, -0.1) is 0 Å². The fourth-order valence-electron chi connectivity index (χ4n) is 1.48. The molecule has 0 atom stereocenters. The van der Waals surface area contributed by atoms with Gasteiger partial charge in [0.2, 0.25) is 0 Å². The molecule has 0 aliphatic rings. The molecule has 16 heavy (non-hydrogen) atoms. The number of nitrogens with zero attached hydrogens (tertiary/aromatic N) is 3. The van der Waals surface area contributed by atoms with Crippen molar-refractivity contribution in [1.82, 2.24) is 14.9 Å². The Bertz CT molecular complexity index is 306. The van der Waals surface area contributed by atoms with E-state index in [0.29, 0.717) is 31.3 Å². The normalized spacial score (nSPS) is 11.0. The molecule has 0 spiro atoms. The summed E-state index contributed by atoms with van der Waals surface area (Å²) in [5.41, 5.74) is 6.43. The monoisotopic (exact) mass is 226 g/mol. The van der Waals surface area contributed by atoms with Crippen molar-refractivity contribution in [2.45, 2.75) is 13.5 Å². The van der Waals surface area contributed by atoms with Gasteiger partial charge in [-0.3, -0.25) is 4.90 Å². The molecule has 4 N–H and O–H groups in total. The predicted octanol–water partition coefficient (Wildman–Crippen LogP) is -0.846. The van der Waals surface area contributed by atoms with Crippen LogP contribution in [-0.2, 0) is 6.54 Å². The zero-order valence-corrected chi connectivity index (χ0v) is 9.43. The highest BCUT2D eigenvalue weighted by atomic mass is 16.3. The van der Waals surface area contributed by atoms with Crippen molar-refractivity contribution < 1.29 is 10.2 Å². The van der Waals surface area contributed by atoms with Gasteiger partial charge >= 0.3 is 0 Å². The van der Waals surface area contributed by atoms with Crippen molar-refractivity contribution in [3.8, 4) is 0 Å². The number of anilines is 1. The Kier molecular flexibility index (Phi) is 5.10. The lowest BCUT2D eigenvalue weighted by molar-refractivity contribution is 0.153. The van der Waals surface area contributed by atoms with Crippen LogP contribution in [0.3, 0.4) is 0 Å². The van der Waals surface area contributed by atoms with E-state index in [1.54, 1.807) is 6.07 Å². The number of hydrogen-bond acceptors (Lipinski definition) is 6. The SMILES string of the molecule is Cc1cc(N)nc(CN(CCO)CCO)n1. The van der Waals surface area contributed by atoms with Crippen LogP contribution in [0, 0.1) is 6.92 Å². The van der Waals surface area contributed by atoms with Gasteiger partial charge in [-0.25, -0.2) is 9.97 Å². The number of nitrogen functional groups attached to an aromatic ring is 1. The van der Waals surface area contributed by atoms with Gasteiger partial charge in [0.05, 0.1) is 19.8 Å². The first-order chi connectivity index (χ1) is 7.65. The summed E-state index contributed by atoms with van der Waals surface area (Å²) in [6.07, 6.45) is 0. The van der Waals surface area contributed by atoms with Crippen molar-refractivity contribution in [2.75, 3.05) is 32.0 Å². The summed E-state index contributed by atoms with van der Waals surface area (Å²) in [4.78, 5) is 10.2. The highest BCUT2D eigenvalue weighted by Crippen LogP contribution is 2.04. The maximum absolute atomic E-state index is 8.86. The summed E-state index contributed by atoms with van der Waals surface area (Å²) >= 11 is 0. The van der Waals surface area contributed by atoms with Crippen LogP contribution in [0.1, 0.15) is 11.5 Å². The van der Waals surface area contributed by atoms with Crippen LogP contribution in [0.25, 0.3) is 0 Å². The number of aliphatic hydroxyl groups excluding tert-OH is 2. The quantitative estimate of drug-likeness (QED) is 0.585. The van der Waals surface area contributed by atoms with Gasteiger partial charge in [0, 0.05) is 24.8 Å². The van der Waals surface area contributed by atoms with E-state index in [4.69, 9.17) is 15.9 Å². The molecule has 0 aliphatic heterocycles. The molecular formula is C10H18N4O2. The Morgan fingerprint density at radius 2 is 1.88 bits per heavy atom. The van der Waals surface area contributed by atoms with Crippen LogP contribution in [0.2, 0.25) is 0 Å². The molecular weight excluding hydrogens is 208 g/mol. The number of hydrogen-bond donors (Lipinski definition) is 3. The minimum atomic E-state index is 0.0430. The van der Waals surface area contributed by atoms with E-state index in [1.165, 1.54) is 0 Å². The van der Waals surface area contributed by atoms with E-state index >= 15 is 0 Å². The lowest BCUT2D eigenvalue weighted by Crippen LogP contribution is -2.30. The molecule has 1 aromatic heterocycles. The van der Waals surface area contributed by atoms with Crippen molar-refractivity contribution in [3.63, 3.8) is 0 Å². The average molecular weight is 226 g/mol. The van der Waals surface area contributed by atoms with Crippen LogP contribution in [0.15, 0.2) is 6.07 Å². The molecule has 0 radical (unpaired) electrons. The highest BCUT2D eigenvalue weighted by molar-refractivity contribution is 5.29. The Morgan fingerprint density at radius 1 is 1.25 bits per heavy atom. The fraction of sp³-hybridized carbons (Fsp3) is 0.600. The third kappa shape index (κ3) is 4.09. The topological polar surface area (TPSA) is 95.5 Å². The van der Waals surface area contributed by atoms with Gasteiger partial charge in [-0.2, -0.15) is 0 Å². The van der Waals surface area contributed by atoms with Crippen molar-refractivity contribution >= 4 is 5.82 Å². The molecule has 90 valence electrons. The summed E-state index contributed by atoms with van der Waals surface area (Å²) in [5, 5.41) is 17.7. The molecule has 6 nitrogen and oxygen atoms in total. The molecule has 0 bridgehead atoms. The second kappa shape index (κ2) is 6.37. The first-order valence-corrected chi connectivity index (χ1v) is 5.20. The van der Waals surface area contributed by atoms with Gasteiger partial charge < -0.3 is 15.9 Å². The first-order valence-electron chi connectivity index (χ1n) is 5.20. The minimum Gasteiger partial charge on any atom is -0.395 e. The van der Waals surface area contributed by atoms with E-state index in [1.807, 2.05) is 11.8 Å². The third-order valence-electron chi connectivity index (χ3n) is 2.12. The number of nitrogens with two attached hydrogens (primary N) is 1. The second-order valence-corrected chi connectivity index (χ2v) is 3.57. The zero-order valence-electron chi connectivity index (χ0n) is 9.43. The van der Waals surface area contributed by atoms with Gasteiger partial charge in [-0.05, 0) is 6.92 Å². The largest absolute Gasteiger partial charge is 0.395 e. The number of rotatable bonds is 6. The summed E-state index contributed by atoms with van der Waals surface area (Å²) in [5.74, 6) is 1.05. The summed E-state index contributed by atoms with van der Waals surface area (Å²) < 4.78 is 0. The van der Waals surface area contributed by atoms with Crippen LogP contribution < -0.4 is 5.73 Å². The first kappa shape index (κ1) is 12.8. The molecule has 1 rings (SSSR count). The molecule has 0 amide bonds. The fourth-order valence-corrected chi connectivity index (χ4v) is 1.48. The highest BCUT2D eigenvalue weighted by Gasteiger charge is 2.07. The number of aryl methyl sites for hydroxylation is 1. The van der Waals surface area contributed by atoms with Crippen LogP contribution in [0.5, 0.6) is 0 Å². The van der Waals surface area contributed by atoms with Gasteiger partial charge in [0.1, 0.15) is 11.6 Å². The number of aliphatic hydroxyl groups is 2. The molecule has 0 aliphatic carbocycles. The smallest absolute Gasteiger partial charge is 0.144 e. The minimum absolute atomic E-state index is 0.0430. The van der Waals surface area contributed by atoms with E-state index in [2.05, 4.69) is 9.97 Å². The van der Waals surface area contributed by atoms with Crippen molar-refractivity contribution in [1.29, 1.82) is 0 Å². The Labute approximate surface area is 94.7 Å². The molecule has 0 saturated carbocycles. The Morgan fingerprint density at radius 3 is 2.38 bits per heavy atom. The second-order valence-electron chi connectivity index (χ2n) is 3.57. The Hall–Kier alpha value is -1.24. The lowest BCUT2D eigenvalue weighted by Gasteiger charge is -2.19. The summed E-state index contributed by atoms with van der Waals surface area (Å²) in [7, 11) is 0. The van der Waals surface area contributed by atoms with Gasteiger partial charge in [0.25, 0.3) is 0 Å². The molecule has 1 aromatic rings. The molecule has 0 fully saturated rings. The van der Waals surface area contributed by atoms with E-state index in [0.717, 1.165) is 5.69 Å². The average Bonchev–Trinajstić information content (AvgIpc) is 2.16. The molecule has 0 aromatic carbocycles. The van der Waals surface area contributed by atoms with Gasteiger partial charge in [-0.1, -0.05) is 0 Å². The number of aromatic nitrogens is 2. The van der Waals surface area contributed by atoms with Crippen LogP contribution >= 0.6 is 0 Å². The molecule has 6 heteroatoms. The lowest BCUT2D eigenvalue weighted by atomic mass is 10.4. The third-order valence-corrected chi connectivity index (χ3v) is 2.12. The maximum Gasteiger partial charge on any atom is 0.144 e. The van der Waals surface area contributed by atoms with Gasteiger partial charge in [0.15, 0.2) is 0 Å². The van der Waals surface area contributed by atoms with E-state index < -0.39 is 0 Å². The van der Waals surface area contributed by atoms with E-state index in [-0.39, 0.29) is 13.2 Å².